The normalized spacial score (nSPS) is 11.7. The maximum Gasteiger partial charge on any atom is 0.272 e. The van der Waals surface area contributed by atoms with E-state index < -0.39 is 17.1 Å². The molecule has 0 fully saturated rings. The van der Waals surface area contributed by atoms with E-state index in [0.29, 0.717) is 28.3 Å². The maximum atomic E-state index is 13.6. The second-order valence-corrected chi connectivity index (χ2v) is 11.0. The Labute approximate surface area is 255 Å². The summed E-state index contributed by atoms with van der Waals surface area (Å²) in [6, 6.07) is 28.7. The Morgan fingerprint density at radius 3 is 2.21 bits per heavy atom. The molecule has 0 aromatic heterocycles. The molecular formula is C34H33N3O5S. The predicted octanol–water partition coefficient (Wildman–Crippen LogP) is 6.54. The summed E-state index contributed by atoms with van der Waals surface area (Å²) in [5.74, 6) is -0.219. The molecule has 0 heterocycles. The number of methoxy groups -OCH3 is 2. The lowest BCUT2D eigenvalue weighted by atomic mass is 10.1. The van der Waals surface area contributed by atoms with Gasteiger partial charge in [0.25, 0.3) is 11.8 Å². The minimum atomic E-state index is -0.540. The van der Waals surface area contributed by atoms with Gasteiger partial charge in [-0.3, -0.25) is 14.4 Å². The number of amides is 3. The van der Waals surface area contributed by atoms with Gasteiger partial charge in [-0.1, -0.05) is 54.1 Å². The van der Waals surface area contributed by atoms with Gasteiger partial charge in [0.05, 0.1) is 19.5 Å². The van der Waals surface area contributed by atoms with E-state index >= 15 is 0 Å². The van der Waals surface area contributed by atoms with E-state index in [2.05, 4.69) is 16.0 Å². The van der Waals surface area contributed by atoms with Crippen molar-refractivity contribution in [3.05, 3.63) is 119 Å². The van der Waals surface area contributed by atoms with Crippen molar-refractivity contribution in [2.24, 2.45) is 0 Å². The van der Waals surface area contributed by atoms with Crippen LogP contribution in [0.15, 0.2) is 108 Å². The number of carbonyl (C=O) groups excluding carboxylic acids is 3. The van der Waals surface area contributed by atoms with Crippen molar-refractivity contribution in [2.45, 2.75) is 24.0 Å². The fraction of sp³-hybridized carbons (Fsp3) is 0.147. The molecule has 0 saturated heterocycles. The Hall–Kier alpha value is -5.02. The number of para-hydroxylation sites is 1. The van der Waals surface area contributed by atoms with Crippen LogP contribution in [0.5, 0.6) is 11.5 Å². The van der Waals surface area contributed by atoms with Gasteiger partial charge in [-0.25, -0.2) is 0 Å². The average molecular weight is 596 g/mol. The number of carbonyl (C=O) groups is 3. The number of nitrogens with one attached hydrogen (secondary N) is 3. The second kappa shape index (κ2) is 14.7. The molecule has 1 unspecified atom stereocenters. The van der Waals surface area contributed by atoms with Gasteiger partial charge in [-0.2, -0.15) is 0 Å². The van der Waals surface area contributed by atoms with Crippen LogP contribution in [0.3, 0.4) is 0 Å². The van der Waals surface area contributed by atoms with Gasteiger partial charge >= 0.3 is 0 Å². The number of ether oxygens (including phenoxy) is 2. The number of hydrogen-bond acceptors (Lipinski definition) is 6. The van der Waals surface area contributed by atoms with Gasteiger partial charge < -0.3 is 25.4 Å². The molecule has 0 aliphatic carbocycles. The molecule has 0 spiro atoms. The van der Waals surface area contributed by atoms with Gasteiger partial charge in [0.2, 0.25) is 5.91 Å². The fourth-order valence-electron chi connectivity index (χ4n) is 4.11. The monoisotopic (exact) mass is 595 g/mol. The number of benzene rings is 4. The van der Waals surface area contributed by atoms with Crippen molar-refractivity contribution < 1.29 is 23.9 Å². The van der Waals surface area contributed by atoms with Crippen molar-refractivity contribution in [1.29, 1.82) is 0 Å². The van der Waals surface area contributed by atoms with Crippen LogP contribution >= 0.6 is 11.8 Å². The largest absolute Gasteiger partial charge is 0.493 e. The Balaban J connectivity index is 1.54. The third-order valence-corrected chi connectivity index (χ3v) is 7.45. The molecule has 4 aromatic carbocycles. The highest BCUT2D eigenvalue weighted by molar-refractivity contribution is 8.00. The van der Waals surface area contributed by atoms with Crippen molar-refractivity contribution >= 4 is 46.9 Å². The van der Waals surface area contributed by atoms with Crippen molar-refractivity contribution in [1.82, 2.24) is 5.32 Å². The van der Waals surface area contributed by atoms with Crippen LogP contribution in [0, 0.1) is 6.92 Å². The molecule has 4 aromatic rings. The highest BCUT2D eigenvalue weighted by Crippen LogP contribution is 2.32. The molecule has 0 radical (unpaired) electrons. The van der Waals surface area contributed by atoms with Gasteiger partial charge in [-0.15, -0.1) is 11.8 Å². The molecule has 1 atom stereocenters. The number of thioether (sulfide) groups is 1. The zero-order chi connectivity index (χ0) is 30.8. The maximum absolute atomic E-state index is 13.6. The molecule has 0 aliphatic rings. The lowest BCUT2D eigenvalue weighted by Crippen LogP contribution is -2.30. The van der Waals surface area contributed by atoms with Crippen LogP contribution < -0.4 is 25.4 Å². The summed E-state index contributed by atoms with van der Waals surface area (Å²) in [5.41, 5.74) is 3.28. The Morgan fingerprint density at radius 2 is 1.51 bits per heavy atom. The summed E-state index contributed by atoms with van der Waals surface area (Å²) in [6.45, 7) is 3.81. The van der Waals surface area contributed by atoms with E-state index in [4.69, 9.17) is 9.47 Å². The summed E-state index contributed by atoms with van der Waals surface area (Å²) in [4.78, 5) is 40.2. The van der Waals surface area contributed by atoms with E-state index in [1.54, 1.807) is 66.7 Å². The van der Waals surface area contributed by atoms with Crippen LogP contribution in [0.25, 0.3) is 6.08 Å². The van der Waals surface area contributed by atoms with E-state index in [-0.39, 0.29) is 11.6 Å². The molecule has 4 rings (SSSR count). The third kappa shape index (κ3) is 8.50. The quantitative estimate of drug-likeness (QED) is 0.134. The van der Waals surface area contributed by atoms with E-state index in [9.17, 15) is 14.4 Å². The van der Waals surface area contributed by atoms with Crippen LogP contribution in [0.2, 0.25) is 0 Å². The molecule has 220 valence electrons. The lowest BCUT2D eigenvalue weighted by Gasteiger charge is -2.15. The highest BCUT2D eigenvalue weighted by atomic mass is 32.2. The molecule has 3 N–H and O–H groups in total. The molecule has 43 heavy (non-hydrogen) atoms. The summed E-state index contributed by atoms with van der Waals surface area (Å²) in [5, 5.41) is 8.13. The minimum absolute atomic E-state index is 0.00399. The first-order valence-electron chi connectivity index (χ1n) is 13.5. The Bertz CT molecular complexity index is 1620. The highest BCUT2D eigenvalue weighted by Gasteiger charge is 2.19. The third-order valence-electron chi connectivity index (χ3n) is 6.36. The lowest BCUT2D eigenvalue weighted by molar-refractivity contribution is -0.115. The van der Waals surface area contributed by atoms with Gasteiger partial charge in [0, 0.05) is 27.4 Å². The first-order chi connectivity index (χ1) is 20.8. The molecule has 0 aliphatic heterocycles. The zero-order valence-corrected chi connectivity index (χ0v) is 25.2. The van der Waals surface area contributed by atoms with Crippen LogP contribution in [-0.4, -0.2) is 37.2 Å². The standard InChI is InChI=1S/C34H33N3O5S/c1-22-16-18-26(19-17-22)35-32(38)23(2)43-28-14-9-13-27(21-28)36-34(40)29(37-33(39)24-10-6-5-7-11-24)20-25-12-8-15-30(41-3)31(25)42-4/h5-21,23H,1-4H3,(H,35,38)(H,36,40)(H,37,39)/b29-20+. The van der Waals surface area contributed by atoms with E-state index in [1.807, 2.05) is 44.2 Å². The topological polar surface area (TPSA) is 106 Å². The van der Waals surface area contributed by atoms with Crippen molar-refractivity contribution in [2.75, 3.05) is 24.9 Å². The molecule has 0 saturated carbocycles. The number of aryl methyl sites for hydroxylation is 1. The summed E-state index contributed by atoms with van der Waals surface area (Å²) in [7, 11) is 3.02. The molecule has 3 amide bonds. The molecular weight excluding hydrogens is 562 g/mol. The summed E-state index contributed by atoms with van der Waals surface area (Å²) >= 11 is 1.37. The molecule has 9 heteroatoms. The smallest absolute Gasteiger partial charge is 0.272 e. The predicted molar refractivity (Wildman–Crippen MR) is 172 cm³/mol. The van der Waals surface area contributed by atoms with E-state index in [1.165, 1.54) is 32.1 Å². The van der Waals surface area contributed by atoms with Crippen LogP contribution in [0.1, 0.15) is 28.4 Å². The Morgan fingerprint density at radius 1 is 0.791 bits per heavy atom. The summed E-state index contributed by atoms with van der Waals surface area (Å²) in [6.07, 6.45) is 1.54. The summed E-state index contributed by atoms with van der Waals surface area (Å²) < 4.78 is 10.9. The number of anilines is 2. The zero-order valence-electron chi connectivity index (χ0n) is 24.3. The SMILES string of the molecule is COc1cccc(/C=C(/NC(=O)c2ccccc2)C(=O)Nc2cccc(SC(C)C(=O)Nc3ccc(C)cc3)c2)c1OC. The van der Waals surface area contributed by atoms with Gasteiger partial charge in [0.1, 0.15) is 5.70 Å². The average Bonchev–Trinajstić information content (AvgIpc) is 3.02. The van der Waals surface area contributed by atoms with Crippen molar-refractivity contribution in [3.8, 4) is 11.5 Å². The first-order valence-corrected chi connectivity index (χ1v) is 14.4. The van der Waals surface area contributed by atoms with Crippen LogP contribution in [-0.2, 0) is 9.59 Å². The van der Waals surface area contributed by atoms with Crippen LogP contribution in [0.4, 0.5) is 11.4 Å². The number of hydrogen-bond donors (Lipinski definition) is 3. The van der Waals surface area contributed by atoms with Gasteiger partial charge in [0.15, 0.2) is 11.5 Å². The second-order valence-electron chi connectivity index (χ2n) is 9.56. The Kier molecular flexibility index (Phi) is 10.6. The minimum Gasteiger partial charge on any atom is -0.493 e. The number of rotatable bonds is 11. The fourth-order valence-corrected chi connectivity index (χ4v) is 5.03. The van der Waals surface area contributed by atoms with E-state index in [0.717, 1.165) is 16.1 Å². The molecule has 8 nitrogen and oxygen atoms in total. The molecule has 0 bridgehead atoms. The van der Waals surface area contributed by atoms with Gasteiger partial charge in [-0.05, 0) is 68.5 Å². The first kappa shape index (κ1) is 30.9. The van der Waals surface area contributed by atoms with Crippen molar-refractivity contribution in [3.63, 3.8) is 0 Å².